The van der Waals surface area contributed by atoms with E-state index in [2.05, 4.69) is 15.9 Å². The van der Waals surface area contributed by atoms with Gasteiger partial charge in [-0.3, -0.25) is 4.79 Å². The van der Waals surface area contributed by atoms with E-state index in [4.69, 9.17) is 4.74 Å². The Labute approximate surface area is 83.8 Å². The number of ether oxygens (including phenoxy) is 1. The van der Waals surface area contributed by atoms with Gasteiger partial charge in [0, 0.05) is 6.07 Å². The average molecular weight is 247 g/mol. The van der Waals surface area contributed by atoms with Crippen LogP contribution in [0, 0.1) is 5.82 Å². The van der Waals surface area contributed by atoms with Crippen LogP contribution in [0.15, 0.2) is 18.2 Å². The van der Waals surface area contributed by atoms with Crippen molar-refractivity contribution in [2.75, 3.05) is 12.4 Å². The topological polar surface area (TPSA) is 26.3 Å². The maximum Gasteiger partial charge on any atom is 0.176 e. The van der Waals surface area contributed by atoms with Crippen LogP contribution in [0.2, 0.25) is 0 Å². The van der Waals surface area contributed by atoms with Crippen molar-refractivity contribution in [3.05, 3.63) is 29.6 Å². The summed E-state index contributed by atoms with van der Waals surface area (Å²) in [6.07, 6.45) is 0. The van der Waals surface area contributed by atoms with Gasteiger partial charge in [0.2, 0.25) is 0 Å². The number of methoxy groups -OCH3 is 1. The molecule has 0 saturated carbocycles. The standard InChI is InChI=1S/C9H8BrFO2/c1-13-6-2-3-7(8(11)4-6)9(12)5-10/h2-4H,5H2,1H3. The molecule has 1 aromatic rings. The van der Waals surface area contributed by atoms with Crippen molar-refractivity contribution in [3.8, 4) is 5.75 Å². The third kappa shape index (κ3) is 2.28. The number of benzene rings is 1. The smallest absolute Gasteiger partial charge is 0.176 e. The lowest BCUT2D eigenvalue weighted by molar-refractivity contribution is 0.102. The highest BCUT2D eigenvalue weighted by molar-refractivity contribution is 9.09. The Kier molecular flexibility index (Phi) is 3.42. The molecule has 0 N–H and O–H groups in total. The van der Waals surface area contributed by atoms with Crippen LogP contribution in [0.25, 0.3) is 0 Å². The Morgan fingerprint density at radius 2 is 2.31 bits per heavy atom. The second-order valence-corrected chi connectivity index (χ2v) is 2.96. The van der Waals surface area contributed by atoms with Crippen LogP contribution in [0.4, 0.5) is 4.39 Å². The van der Waals surface area contributed by atoms with Gasteiger partial charge in [0.05, 0.1) is 18.0 Å². The number of Topliss-reactive ketones (excluding diaryl/α,β-unsaturated/α-hetero) is 1. The van der Waals surface area contributed by atoms with E-state index in [1.807, 2.05) is 0 Å². The Balaban J connectivity index is 3.05. The number of alkyl halides is 1. The van der Waals surface area contributed by atoms with E-state index in [1.165, 1.54) is 19.2 Å². The molecule has 0 amide bonds. The predicted molar refractivity (Wildman–Crippen MR) is 51.1 cm³/mol. The van der Waals surface area contributed by atoms with Gasteiger partial charge in [-0.2, -0.15) is 0 Å². The lowest BCUT2D eigenvalue weighted by Crippen LogP contribution is -2.03. The molecule has 0 saturated heterocycles. The van der Waals surface area contributed by atoms with E-state index >= 15 is 0 Å². The largest absolute Gasteiger partial charge is 0.497 e. The Morgan fingerprint density at radius 3 is 2.77 bits per heavy atom. The normalized spacial score (nSPS) is 9.77. The molecular formula is C9H8BrFO2. The summed E-state index contributed by atoms with van der Waals surface area (Å²) in [5.41, 5.74) is 0.0812. The number of rotatable bonds is 3. The van der Waals surface area contributed by atoms with Crippen molar-refractivity contribution in [3.63, 3.8) is 0 Å². The molecule has 4 heteroatoms. The summed E-state index contributed by atoms with van der Waals surface area (Å²) in [5.74, 6) is -0.424. The molecule has 0 aliphatic carbocycles. The third-order valence-corrected chi connectivity index (χ3v) is 2.11. The van der Waals surface area contributed by atoms with E-state index in [9.17, 15) is 9.18 Å². The fraction of sp³-hybridized carbons (Fsp3) is 0.222. The molecule has 13 heavy (non-hydrogen) atoms. The number of ketones is 1. The van der Waals surface area contributed by atoms with Gasteiger partial charge in [0.15, 0.2) is 5.78 Å². The zero-order chi connectivity index (χ0) is 9.84. The zero-order valence-electron chi connectivity index (χ0n) is 7.01. The van der Waals surface area contributed by atoms with Gasteiger partial charge < -0.3 is 4.74 Å². The van der Waals surface area contributed by atoms with E-state index < -0.39 is 5.82 Å². The van der Waals surface area contributed by atoms with Gasteiger partial charge in [-0.1, -0.05) is 15.9 Å². The molecule has 0 unspecified atom stereocenters. The van der Waals surface area contributed by atoms with E-state index in [-0.39, 0.29) is 16.7 Å². The number of carbonyl (C=O) groups excluding carboxylic acids is 1. The van der Waals surface area contributed by atoms with Gasteiger partial charge in [0.25, 0.3) is 0 Å². The van der Waals surface area contributed by atoms with E-state index in [0.717, 1.165) is 0 Å². The van der Waals surface area contributed by atoms with Gasteiger partial charge in [-0.05, 0) is 12.1 Å². The lowest BCUT2D eigenvalue weighted by Gasteiger charge is -2.02. The summed E-state index contributed by atoms with van der Waals surface area (Å²) < 4.78 is 18.0. The lowest BCUT2D eigenvalue weighted by atomic mass is 10.1. The van der Waals surface area contributed by atoms with Gasteiger partial charge in [-0.15, -0.1) is 0 Å². The summed E-state index contributed by atoms with van der Waals surface area (Å²) in [6.45, 7) is 0. The second kappa shape index (κ2) is 4.37. The molecule has 0 aliphatic heterocycles. The monoisotopic (exact) mass is 246 g/mol. The predicted octanol–water partition coefficient (Wildman–Crippen LogP) is 2.41. The summed E-state index contributed by atoms with van der Waals surface area (Å²) in [6, 6.07) is 4.16. The molecule has 0 bridgehead atoms. The van der Waals surface area contributed by atoms with Gasteiger partial charge in [0.1, 0.15) is 11.6 Å². The molecule has 1 aromatic carbocycles. The van der Waals surface area contributed by atoms with Crippen LogP contribution < -0.4 is 4.74 Å². The molecule has 1 rings (SSSR count). The number of hydrogen-bond donors (Lipinski definition) is 0. The van der Waals surface area contributed by atoms with Crippen molar-refractivity contribution in [1.82, 2.24) is 0 Å². The van der Waals surface area contributed by atoms with Gasteiger partial charge >= 0.3 is 0 Å². The highest BCUT2D eigenvalue weighted by atomic mass is 79.9. The first kappa shape index (κ1) is 10.2. The Hall–Kier alpha value is -0.900. The highest BCUT2D eigenvalue weighted by Gasteiger charge is 2.10. The molecular weight excluding hydrogens is 239 g/mol. The summed E-state index contributed by atoms with van der Waals surface area (Å²) in [5, 5.41) is 0.121. The van der Waals surface area contributed by atoms with E-state index in [1.54, 1.807) is 6.07 Å². The SMILES string of the molecule is COc1ccc(C(=O)CBr)c(F)c1. The molecule has 2 nitrogen and oxygen atoms in total. The minimum atomic E-state index is -0.552. The summed E-state index contributed by atoms with van der Waals surface area (Å²) in [4.78, 5) is 11.1. The van der Waals surface area contributed by atoms with Crippen LogP contribution in [-0.4, -0.2) is 18.2 Å². The molecule has 0 aliphatic rings. The van der Waals surface area contributed by atoms with Crippen LogP contribution in [0.5, 0.6) is 5.75 Å². The number of hydrogen-bond acceptors (Lipinski definition) is 2. The minimum Gasteiger partial charge on any atom is -0.497 e. The van der Waals surface area contributed by atoms with Crippen LogP contribution in [0.3, 0.4) is 0 Å². The molecule has 0 aromatic heterocycles. The van der Waals surface area contributed by atoms with Crippen LogP contribution in [-0.2, 0) is 0 Å². The number of carbonyl (C=O) groups is 1. The first-order valence-corrected chi connectivity index (χ1v) is 4.74. The summed E-state index contributed by atoms with van der Waals surface area (Å²) in [7, 11) is 1.45. The Morgan fingerprint density at radius 1 is 1.62 bits per heavy atom. The van der Waals surface area contributed by atoms with E-state index in [0.29, 0.717) is 5.75 Å². The van der Waals surface area contributed by atoms with Crippen molar-refractivity contribution < 1.29 is 13.9 Å². The second-order valence-electron chi connectivity index (χ2n) is 2.40. The quantitative estimate of drug-likeness (QED) is 0.605. The molecule has 0 spiro atoms. The molecule has 0 heterocycles. The van der Waals surface area contributed by atoms with Crippen molar-refractivity contribution in [2.45, 2.75) is 0 Å². The highest BCUT2D eigenvalue weighted by Crippen LogP contribution is 2.16. The maximum atomic E-state index is 13.2. The summed E-state index contributed by atoms with van der Waals surface area (Å²) >= 11 is 2.97. The van der Waals surface area contributed by atoms with Gasteiger partial charge in [-0.25, -0.2) is 4.39 Å². The maximum absolute atomic E-state index is 13.2. The molecule has 0 fully saturated rings. The molecule has 70 valence electrons. The molecule has 0 atom stereocenters. The van der Waals surface area contributed by atoms with Crippen molar-refractivity contribution >= 4 is 21.7 Å². The van der Waals surface area contributed by atoms with Crippen LogP contribution in [0.1, 0.15) is 10.4 Å². The van der Waals surface area contributed by atoms with Crippen LogP contribution >= 0.6 is 15.9 Å². The average Bonchev–Trinajstić information content (AvgIpc) is 2.16. The first-order valence-electron chi connectivity index (χ1n) is 3.61. The Bertz CT molecular complexity index is 325. The fourth-order valence-electron chi connectivity index (χ4n) is 0.921. The number of halogens is 2. The first-order chi connectivity index (χ1) is 6.19. The fourth-order valence-corrected chi connectivity index (χ4v) is 1.22. The minimum absolute atomic E-state index is 0.0812. The molecule has 0 radical (unpaired) electrons. The third-order valence-electron chi connectivity index (χ3n) is 1.60. The van der Waals surface area contributed by atoms with Crippen molar-refractivity contribution in [1.29, 1.82) is 0 Å². The van der Waals surface area contributed by atoms with Crippen molar-refractivity contribution in [2.24, 2.45) is 0 Å². The zero-order valence-corrected chi connectivity index (χ0v) is 8.60.